The van der Waals surface area contributed by atoms with Crippen LogP contribution < -0.4 is 11.1 Å². The SMILES string of the molecule is CCCNC(C)(CCN1CC2CCCC2C1)C(N)=O. The largest absolute Gasteiger partial charge is 0.368 e. The van der Waals surface area contributed by atoms with Gasteiger partial charge in [0.2, 0.25) is 5.91 Å². The quantitative estimate of drug-likeness (QED) is 0.732. The van der Waals surface area contributed by atoms with Crippen molar-refractivity contribution in [3.8, 4) is 0 Å². The number of carbonyl (C=O) groups is 1. The van der Waals surface area contributed by atoms with E-state index in [0.717, 1.165) is 37.8 Å². The average molecular weight is 267 g/mol. The fraction of sp³-hybridized carbons (Fsp3) is 0.933. The summed E-state index contributed by atoms with van der Waals surface area (Å²) in [7, 11) is 0. The predicted molar refractivity (Wildman–Crippen MR) is 77.8 cm³/mol. The maximum absolute atomic E-state index is 11.7. The van der Waals surface area contributed by atoms with Gasteiger partial charge in [0.1, 0.15) is 0 Å². The van der Waals surface area contributed by atoms with E-state index in [-0.39, 0.29) is 5.91 Å². The third-order valence-corrected chi connectivity index (χ3v) is 5.04. The Hall–Kier alpha value is -0.610. The number of primary amides is 1. The molecule has 3 N–H and O–H groups in total. The molecule has 0 bridgehead atoms. The second kappa shape index (κ2) is 6.23. The van der Waals surface area contributed by atoms with Crippen molar-refractivity contribution in [3.05, 3.63) is 0 Å². The molecule has 110 valence electrons. The van der Waals surface area contributed by atoms with Gasteiger partial charge in [-0.1, -0.05) is 13.3 Å². The van der Waals surface area contributed by atoms with Crippen LogP contribution in [0.1, 0.15) is 46.0 Å². The van der Waals surface area contributed by atoms with Crippen LogP contribution in [0.3, 0.4) is 0 Å². The molecule has 1 aliphatic carbocycles. The first kappa shape index (κ1) is 14.8. The molecule has 0 aromatic rings. The molecule has 1 heterocycles. The zero-order valence-electron chi connectivity index (χ0n) is 12.5. The van der Waals surface area contributed by atoms with Crippen LogP contribution in [0.15, 0.2) is 0 Å². The molecular formula is C15H29N3O. The Morgan fingerprint density at radius 1 is 1.37 bits per heavy atom. The van der Waals surface area contributed by atoms with Crippen LogP contribution in [0.4, 0.5) is 0 Å². The lowest BCUT2D eigenvalue weighted by atomic mass is 9.96. The maximum atomic E-state index is 11.7. The Morgan fingerprint density at radius 3 is 2.53 bits per heavy atom. The molecule has 4 nitrogen and oxygen atoms in total. The average Bonchev–Trinajstić information content (AvgIpc) is 2.94. The van der Waals surface area contributed by atoms with Crippen molar-refractivity contribution in [2.24, 2.45) is 17.6 Å². The number of nitrogens with one attached hydrogen (secondary N) is 1. The van der Waals surface area contributed by atoms with Crippen molar-refractivity contribution in [2.45, 2.75) is 51.5 Å². The van der Waals surface area contributed by atoms with Gasteiger partial charge in [0.15, 0.2) is 0 Å². The van der Waals surface area contributed by atoms with Gasteiger partial charge in [-0.05, 0) is 51.0 Å². The summed E-state index contributed by atoms with van der Waals surface area (Å²) in [6.07, 6.45) is 6.07. The van der Waals surface area contributed by atoms with Crippen molar-refractivity contribution < 1.29 is 4.79 Å². The van der Waals surface area contributed by atoms with Gasteiger partial charge in [-0.25, -0.2) is 0 Å². The van der Waals surface area contributed by atoms with Crippen molar-refractivity contribution >= 4 is 5.91 Å². The molecule has 2 fully saturated rings. The van der Waals surface area contributed by atoms with Gasteiger partial charge in [-0.3, -0.25) is 4.79 Å². The molecule has 1 aliphatic heterocycles. The molecule has 0 aromatic heterocycles. The van der Waals surface area contributed by atoms with E-state index < -0.39 is 5.54 Å². The first-order valence-corrected chi connectivity index (χ1v) is 7.82. The highest BCUT2D eigenvalue weighted by molar-refractivity contribution is 5.84. The molecule has 0 radical (unpaired) electrons. The zero-order valence-corrected chi connectivity index (χ0v) is 12.5. The highest BCUT2D eigenvalue weighted by Gasteiger charge is 2.37. The Balaban J connectivity index is 1.80. The van der Waals surface area contributed by atoms with Crippen molar-refractivity contribution in [2.75, 3.05) is 26.2 Å². The first-order valence-electron chi connectivity index (χ1n) is 7.82. The van der Waals surface area contributed by atoms with Crippen molar-refractivity contribution in [1.82, 2.24) is 10.2 Å². The second-order valence-corrected chi connectivity index (χ2v) is 6.58. The fourth-order valence-electron chi connectivity index (χ4n) is 3.60. The van der Waals surface area contributed by atoms with Crippen molar-refractivity contribution in [1.29, 1.82) is 0 Å². The number of rotatable bonds is 7. The molecule has 0 spiro atoms. The third kappa shape index (κ3) is 3.48. The summed E-state index contributed by atoms with van der Waals surface area (Å²) in [5.41, 5.74) is 5.02. The van der Waals surface area contributed by atoms with E-state index >= 15 is 0 Å². The summed E-state index contributed by atoms with van der Waals surface area (Å²) in [6.45, 7) is 8.35. The van der Waals surface area contributed by atoms with Gasteiger partial charge in [0, 0.05) is 19.6 Å². The molecular weight excluding hydrogens is 238 g/mol. The van der Waals surface area contributed by atoms with Gasteiger partial charge in [0.05, 0.1) is 5.54 Å². The van der Waals surface area contributed by atoms with E-state index in [2.05, 4.69) is 17.1 Å². The van der Waals surface area contributed by atoms with Gasteiger partial charge in [0.25, 0.3) is 0 Å². The monoisotopic (exact) mass is 267 g/mol. The summed E-state index contributed by atoms with van der Waals surface area (Å²) in [5.74, 6) is 1.62. The summed E-state index contributed by atoms with van der Waals surface area (Å²) in [5, 5.41) is 3.32. The van der Waals surface area contributed by atoms with Gasteiger partial charge >= 0.3 is 0 Å². The number of nitrogens with zero attached hydrogens (tertiary/aromatic N) is 1. The maximum Gasteiger partial charge on any atom is 0.237 e. The number of hydrogen-bond acceptors (Lipinski definition) is 3. The highest BCUT2D eigenvalue weighted by atomic mass is 16.1. The van der Waals surface area contributed by atoms with E-state index in [1.54, 1.807) is 0 Å². The van der Waals surface area contributed by atoms with Crippen molar-refractivity contribution in [3.63, 3.8) is 0 Å². The van der Waals surface area contributed by atoms with Gasteiger partial charge in [-0.2, -0.15) is 0 Å². The number of nitrogens with two attached hydrogens (primary N) is 1. The molecule has 1 saturated carbocycles. The first-order chi connectivity index (χ1) is 9.05. The van der Waals surface area contributed by atoms with Crippen LogP contribution in [-0.4, -0.2) is 42.5 Å². The van der Waals surface area contributed by atoms with E-state index in [1.807, 2.05) is 6.92 Å². The van der Waals surface area contributed by atoms with E-state index in [1.165, 1.54) is 32.4 Å². The number of hydrogen-bond donors (Lipinski definition) is 2. The Labute approximate surface area is 117 Å². The Morgan fingerprint density at radius 2 is 2.00 bits per heavy atom. The third-order valence-electron chi connectivity index (χ3n) is 5.04. The normalized spacial score (nSPS) is 30.2. The van der Waals surface area contributed by atoms with Gasteiger partial charge < -0.3 is 16.0 Å². The van der Waals surface area contributed by atoms with E-state index in [4.69, 9.17) is 5.73 Å². The Kier molecular flexibility index (Phi) is 4.85. The number of fused-ring (bicyclic) bond motifs is 1. The summed E-state index contributed by atoms with van der Waals surface area (Å²) < 4.78 is 0. The molecule has 3 atom stereocenters. The van der Waals surface area contributed by atoms with Crippen LogP contribution in [0.25, 0.3) is 0 Å². The highest BCUT2D eigenvalue weighted by Crippen LogP contribution is 2.37. The number of carbonyl (C=O) groups excluding carboxylic acids is 1. The van der Waals surface area contributed by atoms with Crippen LogP contribution in [0.2, 0.25) is 0 Å². The molecule has 19 heavy (non-hydrogen) atoms. The van der Waals surface area contributed by atoms with E-state index in [9.17, 15) is 4.79 Å². The minimum atomic E-state index is -0.548. The molecule has 0 aromatic carbocycles. The lowest BCUT2D eigenvalue weighted by molar-refractivity contribution is -0.124. The minimum Gasteiger partial charge on any atom is -0.368 e. The summed E-state index contributed by atoms with van der Waals surface area (Å²) >= 11 is 0. The lowest BCUT2D eigenvalue weighted by Gasteiger charge is -2.30. The van der Waals surface area contributed by atoms with Crippen LogP contribution in [0, 0.1) is 11.8 Å². The standard InChI is InChI=1S/C15H29N3O/c1-3-8-17-15(2,14(16)19)7-9-18-10-12-5-4-6-13(12)11-18/h12-13,17H,3-11H2,1-2H3,(H2,16,19). The second-order valence-electron chi connectivity index (χ2n) is 6.58. The number of amides is 1. The molecule has 1 saturated heterocycles. The predicted octanol–water partition coefficient (Wildman–Crippen LogP) is 1.35. The Bertz CT molecular complexity index is 309. The summed E-state index contributed by atoms with van der Waals surface area (Å²) in [4.78, 5) is 14.2. The molecule has 4 heteroatoms. The summed E-state index contributed by atoms with van der Waals surface area (Å²) in [6, 6.07) is 0. The van der Waals surface area contributed by atoms with Gasteiger partial charge in [-0.15, -0.1) is 0 Å². The lowest BCUT2D eigenvalue weighted by Crippen LogP contribution is -2.54. The molecule has 1 amide bonds. The van der Waals surface area contributed by atoms with Crippen LogP contribution >= 0.6 is 0 Å². The zero-order chi connectivity index (χ0) is 13.9. The fourth-order valence-corrected chi connectivity index (χ4v) is 3.60. The number of likely N-dealkylation sites (tertiary alicyclic amines) is 1. The molecule has 2 aliphatic rings. The minimum absolute atomic E-state index is 0.222. The topological polar surface area (TPSA) is 58.4 Å². The molecule has 2 rings (SSSR count). The van der Waals surface area contributed by atoms with Crippen LogP contribution in [-0.2, 0) is 4.79 Å². The smallest absolute Gasteiger partial charge is 0.237 e. The van der Waals surface area contributed by atoms with E-state index in [0.29, 0.717) is 0 Å². The van der Waals surface area contributed by atoms with Crippen LogP contribution in [0.5, 0.6) is 0 Å². The molecule has 3 unspecified atom stereocenters.